The fourth-order valence-electron chi connectivity index (χ4n) is 2.44. The summed E-state index contributed by atoms with van der Waals surface area (Å²) in [5, 5.41) is 4.30. The van der Waals surface area contributed by atoms with Crippen LogP contribution in [0.3, 0.4) is 0 Å². The van der Waals surface area contributed by atoms with Crippen LogP contribution in [0.4, 0.5) is 0 Å². The van der Waals surface area contributed by atoms with Gasteiger partial charge in [0.15, 0.2) is 0 Å². The summed E-state index contributed by atoms with van der Waals surface area (Å²) in [5.74, 6) is -0.0147. The Balaban J connectivity index is 1.48. The van der Waals surface area contributed by atoms with Gasteiger partial charge >= 0.3 is 0 Å². The molecular formula is C18H17ClN2O2S. The smallest absolute Gasteiger partial charge is 0.268 e. The number of hydrogen-bond donors (Lipinski definition) is 1. The molecule has 0 saturated heterocycles. The minimum Gasteiger partial charge on any atom is -0.352 e. The van der Waals surface area contributed by atoms with Gasteiger partial charge in [0, 0.05) is 24.5 Å². The molecule has 4 nitrogen and oxygen atoms in total. The van der Waals surface area contributed by atoms with Crippen molar-refractivity contribution in [3.8, 4) is 0 Å². The van der Waals surface area contributed by atoms with Crippen LogP contribution in [0.15, 0.2) is 53.3 Å². The number of hydrogen-bond acceptors (Lipinski definition) is 3. The average molecular weight is 361 g/mol. The van der Waals surface area contributed by atoms with Gasteiger partial charge in [-0.15, -0.1) is 0 Å². The SMILES string of the molecule is O=C(CCCn1sc2ccccc2c1=O)NCc1ccc(Cl)cc1. The van der Waals surface area contributed by atoms with Gasteiger partial charge < -0.3 is 5.32 Å². The van der Waals surface area contributed by atoms with E-state index in [1.165, 1.54) is 11.5 Å². The van der Waals surface area contributed by atoms with Crippen LogP contribution in [0.5, 0.6) is 0 Å². The zero-order valence-electron chi connectivity index (χ0n) is 13.0. The van der Waals surface area contributed by atoms with Crippen LogP contribution in [0.2, 0.25) is 5.02 Å². The van der Waals surface area contributed by atoms with Crippen molar-refractivity contribution in [2.45, 2.75) is 25.9 Å². The fraction of sp³-hybridized carbons (Fsp3) is 0.222. The third-order valence-electron chi connectivity index (χ3n) is 3.72. The monoisotopic (exact) mass is 360 g/mol. The van der Waals surface area contributed by atoms with Crippen LogP contribution in [0, 0.1) is 0 Å². The van der Waals surface area contributed by atoms with Gasteiger partial charge in [-0.05, 0) is 36.2 Å². The first kappa shape index (κ1) is 16.7. The van der Waals surface area contributed by atoms with E-state index in [4.69, 9.17) is 11.6 Å². The van der Waals surface area contributed by atoms with E-state index in [9.17, 15) is 9.59 Å². The summed E-state index contributed by atoms with van der Waals surface area (Å²) < 4.78 is 2.70. The molecule has 3 aromatic rings. The van der Waals surface area contributed by atoms with Crippen molar-refractivity contribution in [1.29, 1.82) is 0 Å². The third-order valence-corrected chi connectivity index (χ3v) is 5.09. The third kappa shape index (κ3) is 4.04. The zero-order valence-corrected chi connectivity index (χ0v) is 14.6. The summed E-state index contributed by atoms with van der Waals surface area (Å²) in [5.41, 5.74) is 1.03. The first-order chi connectivity index (χ1) is 11.6. The van der Waals surface area contributed by atoms with Crippen LogP contribution >= 0.6 is 23.1 Å². The number of nitrogens with zero attached hydrogens (tertiary/aromatic N) is 1. The molecule has 3 rings (SSSR count). The lowest BCUT2D eigenvalue weighted by Crippen LogP contribution is -2.23. The highest BCUT2D eigenvalue weighted by Crippen LogP contribution is 2.16. The molecule has 1 amide bonds. The van der Waals surface area contributed by atoms with Crippen LogP contribution in [-0.2, 0) is 17.9 Å². The van der Waals surface area contributed by atoms with Crippen LogP contribution < -0.4 is 10.9 Å². The largest absolute Gasteiger partial charge is 0.352 e. The number of aromatic nitrogens is 1. The van der Waals surface area contributed by atoms with Crippen LogP contribution in [0.1, 0.15) is 18.4 Å². The first-order valence-electron chi connectivity index (χ1n) is 7.73. The molecular weight excluding hydrogens is 344 g/mol. The Hall–Kier alpha value is -2.11. The van der Waals surface area contributed by atoms with Gasteiger partial charge in [-0.2, -0.15) is 0 Å². The molecule has 6 heteroatoms. The second kappa shape index (κ2) is 7.64. The molecule has 0 aliphatic rings. The second-order valence-electron chi connectivity index (χ2n) is 5.50. The van der Waals surface area contributed by atoms with E-state index in [1.807, 2.05) is 36.4 Å². The van der Waals surface area contributed by atoms with Gasteiger partial charge in [0.1, 0.15) is 0 Å². The quantitative estimate of drug-likeness (QED) is 0.726. The minimum absolute atomic E-state index is 0.0147. The topological polar surface area (TPSA) is 51.1 Å². The van der Waals surface area contributed by atoms with Crippen molar-refractivity contribution >= 4 is 39.1 Å². The molecule has 0 spiro atoms. The normalized spacial score (nSPS) is 10.9. The van der Waals surface area contributed by atoms with Gasteiger partial charge in [-0.25, -0.2) is 0 Å². The highest BCUT2D eigenvalue weighted by Gasteiger charge is 2.07. The van der Waals surface area contributed by atoms with Crippen molar-refractivity contribution in [2.24, 2.45) is 0 Å². The molecule has 0 radical (unpaired) electrons. The molecule has 0 unspecified atom stereocenters. The van der Waals surface area contributed by atoms with Gasteiger partial charge in [0.05, 0.1) is 10.1 Å². The summed E-state index contributed by atoms with van der Waals surface area (Å²) in [6.45, 7) is 1.05. The Kier molecular flexibility index (Phi) is 5.33. The lowest BCUT2D eigenvalue weighted by Gasteiger charge is -2.05. The lowest BCUT2D eigenvalue weighted by molar-refractivity contribution is -0.121. The molecule has 24 heavy (non-hydrogen) atoms. The fourth-order valence-corrected chi connectivity index (χ4v) is 3.60. The highest BCUT2D eigenvalue weighted by atomic mass is 35.5. The van der Waals surface area contributed by atoms with E-state index in [0.717, 1.165) is 15.6 Å². The Morgan fingerprint density at radius 3 is 2.62 bits per heavy atom. The summed E-state index contributed by atoms with van der Waals surface area (Å²) in [6.07, 6.45) is 1.04. The van der Waals surface area contributed by atoms with Crippen molar-refractivity contribution in [1.82, 2.24) is 9.27 Å². The summed E-state index contributed by atoms with van der Waals surface area (Å²) in [4.78, 5) is 24.1. The first-order valence-corrected chi connectivity index (χ1v) is 8.88. The number of fused-ring (bicyclic) bond motifs is 1. The van der Waals surface area contributed by atoms with E-state index in [1.54, 1.807) is 16.1 Å². The molecule has 2 aromatic carbocycles. The molecule has 0 fully saturated rings. The maximum absolute atomic E-state index is 12.2. The Bertz CT molecular complexity index is 899. The van der Waals surface area contributed by atoms with E-state index >= 15 is 0 Å². The second-order valence-corrected chi connectivity index (χ2v) is 7.00. The number of halogens is 1. The number of carbonyl (C=O) groups is 1. The van der Waals surface area contributed by atoms with E-state index in [2.05, 4.69) is 5.32 Å². The zero-order chi connectivity index (χ0) is 16.9. The maximum Gasteiger partial charge on any atom is 0.268 e. The number of aryl methyl sites for hydroxylation is 1. The lowest BCUT2D eigenvalue weighted by atomic mass is 10.2. The summed E-state index contributed by atoms with van der Waals surface area (Å²) in [7, 11) is 0. The van der Waals surface area contributed by atoms with E-state index in [0.29, 0.717) is 31.0 Å². The summed E-state index contributed by atoms with van der Waals surface area (Å²) >= 11 is 7.28. The van der Waals surface area contributed by atoms with Crippen LogP contribution in [0.25, 0.3) is 10.1 Å². The Labute approximate surface area is 148 Å². The number of benzene rings is 2. The molecule has 124 valence electrons. The van der Waals surface area contributed by atoms with Crippen molar-refractivity contribution in [3.05, 3.63) is 69.5 Å². The van der Waals surface area contributed by atoms with Gasteiger partial charge in [0.25, 0.3) is 5.56 Å². The van der Waals surface area contributed by atoms with Crippen molar-refractivity contribution < 1.29 is 4.79 Å². The number of amides is 1. The molecule has 0 aliphatic carbocycles. The number of nitrogens with one attached hydrogen (secondary N) is 1. The molecule has 1 heterocycles. The van der Waals surface area contributed by atoms with Crippen LogP contribution in [-0.4, -0.2) is 9.86 Å². The predicted molar refractivity (Wildman–Crippen MR) is 98.6 cm³/mol. The van der Waals surface area contributed by atoms with Gasteiger partial charge in [0.2, 0.25) is 5.91 Å². The van der Waals surface area contributed by atoms with Gasteiger partial charge in [-0.3, -0.25) is 13.5 Å². The molecule has 1 aromatic heterocycles. The highest BCUT2D eigenvalue weighted by molar-refractivity contribution is 7.13. The predicted octanol–water partition coefficient (Wildman–Crippen LogP) is 3.81. The molecule has 1 N–H and O–H groups in total. The standard InChI is InChI=1S/C18H17ClN2O2S/c19-14-9-7-13(8-10-14)12-20-17(22)6-3-11-21-18(23)15-4-1-2-5-16(15)24-21/h1-2,4-5,7-10H,3,6,11-12H2,(H,20,22). The molecule has 0 aliphatic heterocycles. The number of rotatable bonds is 6. The molecule has 0 saturated carbocycles. The van der Waals surface area contributed by atoms with E-state index < -0.39 is 0 Å². The average Bonchev–Trinajstić information content (AvgIpc) is 2.91. The van der Waals surface area contributed by atoms with E-state index in [-0.39, 0.29) is 11.5 Å². The Morgan fingerprint density at radius 1 is 1.12 bits per heavy atom. The summed E-state index contributed by atoms with van der Waals surface area (Å²) in [6, 6.07) is 14.9. The molecule has 0 bridgehead atoms. The molecule has 0 atom stereocenters. The van der Waals surface area contributed by atoms with Crippen molar-refractivity contribution in [2.75, 3.05) is 0 Å². The van der Waals surface area contributed by atoms with Crippen molar-refractivity contribution in [3.63, 3.8) is 0 Å². The van der Waals surface area contributed by atoms with Gasteiger partial charge in [-0.1, -0.05) is 47.4 Å². The minimum atomic E-state index is -0.0147. The number of carbonyl (C=O) groups excluding carboxylic acids is 1. The maximum atomic E-state index is 12.2. The Morgan fingerprint density at radius 2 is 1.88 bits per heavy atom.